The van der Waals surface area contributed by atoms with Gasteiger partial charge >= 0.3 is 0 Å². The molecule has 0 atom stereocenters. The fourth-order valence-electron chi connectivity index (χ4n) is 1.48. The average molecular weight is 237 g/mol. The van der Waals surface area contributed by atoms with E-state index in [9.17, 15) is 0 Å². The predicted molar refractivity (Wildman–Crippen MR) is 66.6 cm³/mol. The summed E-state index contributed by atoms with van der Waals surface area (Å²) in [5.74, 6) is 0. The highest BCUT2D eigenvalue weighted by atomic mass is 35.5. The minimum Gasteiger partial charge on any atom is -0.472 e. The Balaban J connectivity index is 2.12. The summed E-state index contributed by atoms with van der Waals surface area (Å²) in [7, 11) is 0. The number of anilines is 2. The highest BCUT2D eigenvalue weighted by Gasteiger charge is 2.03. The maximum atomic E-state index is 5.96. The molecular formula is C12H13ClN2O. The van der Waals surface area contributed by atoms with Gasteiger partial charge in [0.25, 0.3) is 0 Å². The van der Waals surface area contributed by atoms with E-state index in [1.165, 1.54) is 0 Å². The van der Waals surface area contributed by atoms with Gasteiger partial charge in [0.15, 0.2) is 0 Å². The van der Waals surface area contributed by atoms with Crippen molar-refractivity contribution in [2.75, 3.05) is 11.1 Å². The van der Waals surface area contributed by atoms with Crippen molar-refractivity contribution in [3.05, 3.63) is 46.9 Å². The fourth-order valence-corrected chi connectivity index (χ4v) is 1.65. The Hall–Kier alpha value is -1.61. The van der Waals surface area contributed by atoms with E-state index in [-0.39, 0.29) is 0 Å². The van der Waals surface area contributed by atoms with E-state index in [2.05, 4.69) is 5.32 Å². The molecule has 0 bridgehead atoms. The molecule has 84 valence electrons. The third kappa shape index (κ3) is 2.31. The number of rotatable bonds is 3. The van der Waals surface area contributed by atoms with E-state index in [1.54, 1.807) is 12.5 Å². The Labute approximate surface area is 99.2 Å². The van der Waals surface area contributed by atoms with Gasteiger partial charge in [-0.05, 0) is 30.7 Å². The first kappa shape index (κ1) is 10.9. The Bertz CT molecular complexity index is 480. The summed E-state index contributed by atoms with van der Waals surface area (Å²) in [6.07, 6.45) is 3.36. The Morgan fingerprint density at radius 3 is 2.94 bits per heavy atom. The second-order valence-corrected chi connectivity index (χ2v) is 4.08. The van der Waals surface area contributed by atoms with Gasteiger partial charge in [-0.2, -0.15) is 0 Å². The number of hydrogen-bond acceptors (Lipinski definition) is 3. The van der Waals surface area contributed by atoms with Gasteiger partial charge in [-0.1, -0.05) is 11.6 Å². The summed E-state index contributed by atoms with van der Waals surface area (Å²) >= 11 is 5.96. The van der Waals surface area contributed by atoms with E-state index in [0.29, 0.717) is 17.3 Å². The van der Waals surface area contributed by atoms with Crippen molar-refractivity contribution in [3.63, 3.8) is 0 Å². The van der Waals surface area contributed by atoms with Crippen molar-refractivity contribution >= 4 is 23.0 Å². The second-order valence-electron chi connectivity index (χ2n) is 3.67. The SMILES string of the molecule is Cc1cc(N)c(Cl)cc1NCc1ccoc1. The summed E-state index contributed by atoms with van der Waals surface area (Å²) < 4.78 is 4.99. The smallest absolute Gasteiger partial charge is 0.0952 e. The van der Waals surface area contributed by atoms with Crippen LogP contribution in [0, 0.1) is 6.92 Å². The normalized spacial score (nSPS) is 10.4. The molecule has 3 nitrogen and oxygen atoms in total. The largest absolute Gasteiger partial charge is 0.472 e. The number of furan rings is 1. The van der Waals surface area contributed by atoms with Gasteiger partial charge in [-0.25, -0.2) is 0 Å². The maximum absolute atomic E-state index is 5.96. The highest BCUT2D eigenvalue weighted by Crippen LogP contribution is 2.26. The van der Waals surface area contributed by atoms with Crippen LogP contribution in [0.5, 0.6) is 0 Å². The zero-order chi connectivity index (χ0) is 11.5. The van der Waals surface area contributed by atoms with Crippen LogP contribution in [0.2, 0.25) is 5.02 Å². The van der Waals surface area contributed by atoms with Crippen molar-refractivity contribution in [1.82, 2.24) is 0 Å². The summed E-state index contributed by atoms with van der Waals surface area (Å²) in [5.41, 5.74) is 9.46. The number of hydrogen-bond donors (Lipinski definition) is 2. The van der Waals surface area contributed by atoms with Crippen LogP contribution in [0.4, 0.5) is 11.4 Å². The quantitative estimate of drug-likeness (QED) is 0.803. The van der Waals surface area contributed by atoms with Crippen molar-refractivity contribution in [2.24, 2.45) is 0 Å². The summed E-state index contributed by atoms with van der Waals surface area (Å²) in [5, 5.41) is 3.85. The fraction of sp³-hybridized carbons (Fsp3) is 0.167. The monoisotopic (exact) mass is 236 g/mol. The molecule has 4 heteroatoms. The molecule has 0 saturated carbocycles. The number of benzene rings is 1. The van der Waals surface area contributed by atoms with Gasteiger partial charge in [0, 0.05) is 17.8 Å². The van der Waals surface area contributed by atoms with Gasteiger partial charge in [0.2, 0.25) is 0 Å². The van der Waals surface area contributed by atoms with Gasteiger partial charge in [-0.3, -0.25) is 0 Å². The van der Waals surface area contributed by atoms with Crippen molar-refractivity contribution in [1.29, 1.82) is 0 Å². The first-order chi connectivity index (χ1) is 7.66. The van der Waals surface area contributed by atoms with Gasteiger partial charge < -0.3 is 15.5 Å². The molecule has 1 aromatic carbocycles. The number of aryl methyl sites for hydroxylation is 1. The highest BCUT2D eigenvalue weighted by molar-refractivity contribution is 6.33. The van der Waals surface area contributed by atoms with Crippen LogP contribution < -0.4 is 11.1 Å². The molecule has 0 saturated heterocycles. The lowest BCUT2D eigenvalue weighted by Crippen LogP contribution is -2.01. The topological polar surface area (TPSA) is 51.2 Å². The van der Waals surface area contributed by atoms with Crippen LogP contribution in [-0.2, 0) is 6.54 Å². The molecule has 1 aromatic heterocycles. The standard InChI is InChI=1S/C12H13ClN2O/c1-8-4-11(14)10(13)5-12(8)15-6-9-2-3-16-7-9/h2-5,7,15H,6,14H2,1H3. The molecule has 0 aliphatic rings. The molecule has 16 heavy (non-hydrogen) atoms. The van der Waals surface area contributed by atoms with E-state index in [1.807, 2.05) is 25.1 Å². The zero-order valence-electron chi connectivity index (χ0n) is 8.96. The first-order valence-corrected chi connectivity index (χ1v) is 5.35. The van der Waals surface area contributed by atoms with Crippen molar-refractivity contribution < 1.29 is 4.42 Å². The van der Waals surface area contributed by atoms with Crippen LogP contribution in [0.3, 0.4) is 0 Å². The predicted octanol–water partition coefficient (Wildman–Crippen LogP) is 3.44. The van der Waals surface area contributed by atoms with E-state index >= 15 is 0 Å². The van der Waals surface area contributed by atoms with Gasteiger partial charge in [0.05, 0.1) is 23.2 Å². The average Bonchev–Trinajstić information content (AvgIpc) is 2.74. The number of halogens is 1. The van der Waals surface area contributed by atoms with E-state index in [4.69, 9.17) is 21.8 Å². The molecule has 3 N–H and O–H groups in total. The number of nitrogens with two attached hydrogens (primary N) is 1. The Kier molecular flexibility index (Phi) is 3.06. The molecule has 0 unspecified atom stereocenters. The molecule has 0 aliphatic carbocycles. The Morgan fingerprint density at radius 2 is 2.25 bits per heavy atom. The van der Waals surface area contributed by atoms with Crippen LogP contribution in [0.25, 0.3) is 0 Å². The molecule has 1 heterocycles. The van der Waals surface area contributed by atoms with Crippen LogP contribution in [0.1, 0.15) is 11.1 Å². The van der Waals surface area contributed by atoms with E-state index in [0.717, 1.165) is 16.8 Å². The lowest BCUT2D eigenvalue weighted by Gasteiger charge is -2.10. The summed E-state index contributed by atoms with van der Waals surface area (Å²) in [4.78, 5) is 0. The molecule has 0 radical (unpaired) electrons. The van der Waals surface area contributed by atoms with Gasteiger partial charge in [0.1, 0.15) is 0 Å². The number of nitrogen functional groups attached to an aromatic ring is 1. The minimum atomic E-state index is 0.570. The minimum absolute atomic E-state index is 0.570. The molecule has 2 rings (SSSR count). The van der Waals surface area contributed by atoms with Crippen molar-refractivity contribution in [2.45, 2.75) is 13.5 Å². The first-order valence-electron chi connectivity index (χ1n) is 4.97. The molecule has 0 amide bonds. The lowest BCUT2D eigenvalue weighted by molar-refractivity contribution is 0.564. The summed E-state index contributed by atoms with van der Waals surface area (Å²) in [6, 6.07) is 5.62. The third-order valence-electron chi connectivity index (χ3n) is 2.41. The lowest BCUT2D eigenvalue weighted by atomic mass is 10.1. The molecule has 0 aliphatic heterocycles. The van der Waals surface area contributed by atoms with Crippen molar-refractivity contribution in [3.8, 4) is 0 Å². The molecule has 2 aromatic rings. The Morgan fingerprint density at radius 1 is 1.44 bits per heavy atom. The van der Waals surface area contributed by atoms with Crippen LogP contribution in [0.15, 0.2) is 35.1 Å². The van der Waals surface area contributed by atoms with E-state index < -0.39 is 0 Å². The molecule has 0 spiro atoms. The second kappa shape index (κ2) is 4.49. The summed E-state index contributed by atoms with van der Waals surface area (Å²) in [6.45, 7) is 2.70. The number of nitrogens with one attached hydrogen (secondary N) is 1. The third-order valence-corrected chi connectivity index (χ3v) is 2.73. The molecular weight excluding hydrogens is 224 g/mol. The van der Waals surface area contributed by atoms with Crippen LogP contribution >= 0.6 is 11.6 Å². The maximum Gasteiger partial charge on any atom is 0.0952 e. The van der Waals surface area contributed by atoms with Crippen LogP contribution in [-0.4, -0.2) is 0 Å². The zero-order valence-corrected chi connectivity index (χ0v) is 9.71. The van der Waals surface area contributed by atoms with Gasteiger partial charge in [-0.15, -0.1) is 0 Å². The molecule has 0 fully saturated rings.